The monoisotopic (exact) mass is 116 g/mol. The summed E-state index contributed by atoms with van der Waals surface area (Å²) in [6, 6.07) is 0. The minimum atomic E-state index is -1.07. The van der Waals surface area contributed by atoms with Gasteiger partial charge in [0, 0.05) is 0 Å². The highest BCUT2D eigenvalue weighted by atomic mass is 16.6. The van der Waals surface area contributed by atoms with Gasteiger partial charge in [-0.3, -0.25) is 4.79 Å². The molecule has 1 fully saturated rings. The van der Waals surface area contributed by atoms with Gasteiger partial charge in [-0.25, -0.2) is 4.79 Å². The van der Waals surface area contributed by atoms with E-state index in [0.717, 1.165) is 0 Å². The van der Waals surface area contributed by atoms with Crippen LogP contribution in [0.4, 0.5) is 0 Å². The lowest BCUT2D eigenvalue weighted by atomic mass is 10.2. The highest BCUT2D eigenvalue weighted by Crippen LogP contribution is 2.11. The predicted octanol–water partition coefficient (Wildman–Crippen LogP) is -0.613. The minimum Gasteiger partial charge on any atom is -0.478 e. The van der Waals surface area contributed by atoms with Crippen LogP contribution in [-0.2, 0) is 14.3 Å². The fraction of sp³-hybridized carbons (Fsp3) is 0.500. The lowest BCUT2D eigenvalue weighted by Crippen LogP contribution is -2.39. The molecule has 1 aliphatic heterocycles. The van der Waals surface area contributed by atoms with Crippen LogP contribution in [0.25, 0.3) is 0 Å². The first-order valence-electron chi connectivity index (χ1n) is 2.12. The fourth-order valence-electron chi connectivity index (χ4n) is 0.438. The summed E-state index contributed by atoms with van der Waals surface area (Å²) >= 11 is 0. The molecular formula is C4H4O4. The van der Waals surface area contributed by atoms with Gasteiger partial charge < -0.3 is 9.84 Å². The standard InChI is InChI=1S/C4H4O4/c5-3-1-2(8-3)4(6)7/h2H,1H2,(H,6,7). The van der Waals surface area contributed by atoms with Crippen LogP contribution in [0.3, 0.4) is 0 Å². The smallest absolute Gasteiger partial charge is 0.345 e. The summed E-state index contributed by atoms with van der Waals surface area (Å²) in [7, 11) is 0. The van der Waals surface area contributed by atoms with Gasteiger partial charge in [-0.05, 0) is 0 Å². The first-order chi connectivity index (χ1) is 3.70. The molecule has 4 heteroatoms. The van der Waals surface area contributed by atoms with Gasteiger partial charge in [0.25, 0.3) is 0 Å². The minimum absolute atomic E-state index is 0.0231. The van der Waals surface area contributed by atoms with E-state index in [1.54, 1.807) is 0 Å². The molecule has 0 saturated carbocycles. The van der Waals surface area contributed by atoms with E-state index in [0.29, 0.717) is 0 Å². The Kier molecular flexibility index (Phi) is 0.932. The Hall–Kier alpha value is -1.06. The molecule has 0 aromatic heterocycles. The predicted molar refractivity (Wildman–Crippen MR) is 22.1 cm³/mol. The number of carbonyl (C=O) groups is 2. The number of carboxylic acid groups (broad SMARTS) is 1. The van der Waals surface area contributed by atoms with Crippen LogP contribution >= 0.6 is 0 Å². The number of rotatable bonds is 1. The molecule has 0 aliphatic carbocycles. The summed E-state index contributed by atoms with van der Waals surface area (Å²) in [6.07, 6.45) is -0.850. The maximum atomic E-state index is 9.93. The van der Waals surface area contributed by atoms with Crippen molar-refractivity contribution in [3.05, 3.63) is 0 Å². The van der Waals surface area contributed by atoms with Gasteiger partial charge in [0.15, 0.2) is 0 Å². The summed E-state index contributed by atoms with van der Waals surface area (Å²) in [5.41, 5.74) is 0. The molecule has 4 nitrogen and oxygen atoms in total. The molecule has 44 valence electrons. The summed E-state index contributed by atoms with van der Waals surface area (Å²) in [4.78, 5) is 19.8. The zero-order valence-corrected chi connectivity index (χ0v) is 3.96. The van der Waals surface area contributed by atoms with Gasteiger partial charge >= 0.3 is 11.9 Å². The Morgan fingerprint density at radius 1 is 1.88 bits per heavy atom. The Morgan fingerprint density at radius 2 is 2.38 bits per heavy atom. The molecule has 1 saturated heterocycles. The van der Waals surface area contributed by atoms with Crippen LogP contribution in [0, 0.1) is 0 Å². The Balaban J connectivity index is 2.35. The van der Waals surface area contributed by atoms with Crippen molar-refractivity contribution < 1.29 is 19.4 Å². The number of hydrogen-bond acceptors (Lipinski definition) is 3. The third-order valence-electron chi connectivity index (χ3n) is 0.901. The van der Waals surface area contributed by atoms with E-state index in [1.807, 2.05) is 0 Å². The second-order valence-corrected chi connectivity index (χ2v) is 1.52. The molecular weight excluding hydrogens is 112 g/mol. The first-order valence-corrected chi connectivity index (χ1v) is 2.12. The molecule has 1 heterocycles. The molecule has 1 N–H and O–H groups in total. The number of carbonyl (C=O) groups excluding carboxylic acids is 1. The van der Waals surface area contributed by atoms with Crippen LogP contribution in [0.2, 0.25) is 0 Å². The van der Waals surface area contributed by atoms with Crippen molar-refractivity contribution in [1.82, 2.24) is 0 Å². The van der Waals surface area contributed by atoms with Gasteiger partial charge in [0.1, 0.15) is 0 Å². The number of carboxylic acids is 1. The zero-order valence-electron chi connectivity index (χ0n) is 3.96. The average molecular weight is 116 g/mol. The topological polar surface area (TPSA) is 63.6 Å². The van der Waals surface area contributed by atoms with Crippen molar-refractivity contribution in [2.45, 2.75) is 12.5 Å². The number of cyclic esters (lactones) is 1. The quantitative estimate of drug-likeness (QED) is 0.464. The van der Waals surface area contributed by atoms with Gasteiger partial charge in [-0.1, -0.05) is 0 Å². The SMILES string of the molecule is O=C1CC(C(=O)O)O1. The normalized spacial score (nSPS) is 26.0. The molecule has 1 atom stereocenters. The summed E-state index contributed by atoms with van der Waals surface area (Å²) < 4.78 is 4.16. The largest absolute Gasteiger partial charge is 0.478 e. The molecule has 1 rings (SSSR count). The van der Waals surface area contributed by atoms with Crippen LogP contribution in [0.5, 0.6) is 0 Å². The van der Waals surface area contributed by atoms with Gasteiger partial charge in [-0.2, -0.15) is 0 Å². The van der Waals surface area contributed by atoms with E-state index in [4.69, 9.17) is 5.11 Å². The van der Waals surface area contributed by atoms with Crippen molar-refractivity contribution in [3.63, 3.8) is 0 Å². The van der Waals surface area contributed by atoms with Crippen molar-refractivity contribution in [2.24, 2.45) is 0 Å². The van der Waals surface area contributed by atoms with Gasteiger partial charge in [0.05, 0.1) is 6.42 Å². The van der Waals surface area contributed by atoms with Crippen LogP contribution < -0.4 is 0 Å². The maximum Gasteiger partial charge on any atom is 0.345 e. The van der Waals surface area contributed by atoms with E-state index < -0.39 is 18.0 Å². The molecule has 0 aromatic rings. The maximum absolute atomic E-state index is 9.93. The lowest BCUT2D eigenvalue weighted by Gasteiger charge is -2.20. The van der Waals surface area contributed by atoms with Crippen LogP contribution in [-0.4, -0.2) is 23.1 Å². The fourth-order valence-corrected chi connectivity index (χ4v) is 0.438. The number of ether oxygens (including phenoxy) is 1. The molecule has 0 amide bonds. The molecule has 0 radical (unpaired) electrons. The third-order valence-corrected chi connectivity index (χ3v) is 0.901. The van der Waals surface area contributed by atoms with Crippen LogP contribution in [0.1, 0.15) is 6.42 Å². The zero-order chi connectivity index (χ0) is 6.15. The van der Waals surface area contributed by atoms with Crippen molar-refractivity contribution in [3.8, 4) is 0 Å². The third kappa shape index (κ3) is 0.641. The van der Waals surface area contributed by atoms with Crippen LogP contribution in [0.15, 0.2) is 0 Å². The first kappa shape index (κ1) is 5.08. The number of esters is 1. The van der Waals surface area contributed by atoms with E-state index >= 15 is 0 Å². The molecule has 1 aliphatic rings. The Morgan fingerprint density at radius 3 is 2.50 bits per heavy atom. The summed E-state index contributed by atoms with van der Waals surface area (Å²) in [6.45, 7) is 0. The Bertz CT molecular complexity index is 131. The molecule has 1 unspecified atom stereocenters. The van der Waals surface area contributed by atoms with Gasteiger partial charge in [0.2, 0.25) is 6.10 Å². The molecule has 0 spiro atoms. The molecule has 8 heavy (non-hydrogen) atoms. The van der Waals surface area contributed by atoms with Crippen molar-refractivity contribution in [2.75, 3.05) is 0 Å². The summed E-state index contributed by atoms with van der Waals surface area (Å²) in [5.74, 6) is -1.50. The number of hydrogen-bond donors (Lipinski definition) is 1. The second-order valence-electron chi connectivity index (χ2n) is 1.52. The lowest BCUT2D eigenvalue weighted by molar-refractivity contribution is -0.182. The second kappa shape index (κ2) is 1.47. The van der Waals surface area contributed by atoms with Crippen molar-refractivity contribution >= 4 is 11.9 Å². The van der Waals surface area contributed by atoms with Gasteiger partial charge in [-0.15, -0.1) is 0 Å². The highest BCUT2D eigenvalue weighted by molar-refractivity contribution is 5.88. The van der Waals surface area contributed by atoms with Crippen molar-refractivity contribution in [1.29, 1.82) is 0 Å². The van der Waals surface area contributed by atoms with E-state index in [9.17, 15) is 9.59 Å². The highest BCUT2D eigenvalue weighted by Gasteiger charge is 2.34. The number of aliphatic carboxylic acids is 1. The average Bonchev–Trinajstić information content (AvgIpc) is 1.57. The van der Waals surface area contributed by atoms with E-state index in [-0.39, 0.29) is 6.42 Å². The molecule has 0 bridgehead atoms. The molecule has 0 aromatic carbocycles. The Labute approximate surface area is 45.1 Å². The van der Waals surface area contributed by atoms with E-state index in [2.05, 4.69) is 4.74 Å². The van der Waals surface area contributed by atoms with E-state index in [1.165, 1.54) is 0 Å². The summed E-state index contributed by atoms with van der Waals surface area (Å²) in [5, 5.41) is 8.07.